The minimum absolute atomic E-state index is 0.462. The Morgan fingerprint density at radius 2 is 1.27 bits per heavy atom. The fourth-order valence-electron chi connectivity index (χ4n) is 1.35. The molecule has 0 spiro atoms. The summed E-state index contributed by atoms with van der Waals surface area (Å²) in [5, 5.41) is 0. The molecule has 0 aliphatic rings. The third-order valence-corrected chi connectivity index (χ3v) is 5.50. The molecule has 6 heteroatoms. The molecule has 0 aromatic heterocycles. The maximum atomic E-state index is 3.61. The summed E-state index contributed by atoms with van der Waals surface area (Å²) in [7, 11) is -1.17. The van der Waals surface area contributed by atoms with Crippen LogP contribution in [0.15, 0.2) is 0 Å². The van der Waals surface area contributed by atoms with Crippen LogP contribution in [0.25, 0.3) is 0 Å². The molecule has 0 heterocycles. The Balaban J connectivity index is 4.35. The fraction of sp³-hybridized carbons (Fsp3) is 1.00. The van der Waals surface area contributed by atoms with Crippen molar-refractivity contribution in [3.05, 3.63) is 0 Å². The average Bonchev–Trinajstić information content (AvgIpc) is 1.54. The zero-order valence-corrected chi connectivity index (χ0v) is 12.0. The lowest BCUT2D eigenvalue weighted by molar-refractivity contribution is 1.01. The molecule has 0 fully saturated rings. The molecule has 0 atom stereocenters. The molecule has 0 aliphatic carbocycles. The molecule has 0 saturated heterocycles. The Labute approximate surface area is 88.5 Å². The molecule has 1 nitrogen and oxygen atoms in total. The molecular weight excluding hydrogens is 284 g/mol. The predicted molar refractivity (Wildman–Crippen MR) is 66.3 cm³/mol. The highest BCUT2D eigenvalue weighted by molar-refractivity contribution is 9.26. The normalized spacial score (nSPS) is 12.0. The van der Waals surface area contributed by atoms with E-state index in [0.717, 1.165) is 0 Å². The average molecular weight is 299 g/mol. The van der Waals surface area contributed by atoms with Gasteiger partial charge in [-0.05, 0) is 0 Å². The summed E-state index contributed by atoms with van der Waals surface area (Å²) in [5.41, 5.74) is 0.923. The van der Waals surface area contributed by atoms with E-state index in [1.165, 1.54) is 0 Å². The Hall–Kier alpha value is 1.27. The van der Waals surface area contributed by atoms with E-state index in [-0.39, 0.29) is 0 Å². The van der Waals surface area contributed by atoms with Crippen LogP contribution in [0, 0.1) is 0 Å². The summed E-state index contributed by atoms with van der Waals surface area (Å²) in [5.74, 6) is 0. The Kier molecular flexibility index (Phi) is 5.00. The van der Waals surface area contributed by atoms with Gasteiger partial charge in [0.2, 0.25) is 0 Å². The van der Waals surface area contributed by atoms with Gasteiger partial charge in [0, 0.05) is 0 Å². The Morgan fingerprint density at radius 3 is 1.27 bits per heavy atom. The highest BCUT2D eigenvalue weighted by atomic mass is 79.9. The molecule has 0 aromatic carbocycles. The fourth-order valence-corrected chi connectivity index (χ4v) is 8.20. The van der Waals surface area contributed by atoms with Gasteiger partial charge in [0.15, 0.2) is 0 Å². The highest BCUT2D eigenvalue weighted by Gasteiger charge is 2.32. The van der Waals surface area contributed by atoms with Crippen molar-refractivity contribution in [3.8, 4) is 0 Å². The molecule has 0 N–H and O–H groups in total. The quantitative estimate of drug-likeness (QED) is 0.724. The van der Waals surface area contributed by atoms with Gasteiger partial charge >= 0.3 is 0 Å². The summed E-state index contributed by atoms with van der Waals surface area (Å²) in [6, 6.07) is 0. The zero-order chi connectivity index (χ0) is 9.23. The molecule has 0 aliphatic heterocycles. The van der Waals surface area contributed by atoms with Gasteiger partial charge in [-0.3, -0.25) is 0 Å². The predicted octanol–water partition coefficient (Wildman–Crippen LogP) is 3.15. The van der Waals surface area contributed by atoms with E-state index in [1.54, 1.807) is 0 Å². The molecule has 11 heavy (non-hydrogen) atoms. The third-order valence-electron chi connectivity index (χ3n) is 1.54. The molecule has 0 unspecified atom stereocenters. The first kappa shape index (κ1) is 12.3. The minimum atomic E-state index is -1.17. The van der Waals surface area contributed by atoms with E-state index >= 15 is 0 Å². The van der Waals surface area contributed by atoms with Crippen LogP contribution < -0.4 is 0 Å². The van der Waals surface area contributed by atoms with Gasteiger partial charge in [0.05, 0.1) is 8.24 Å². The van der Waals surface area contributed by atoms with Crippen LogP contribution in [0.2, 0.25) is 33.3 Å². The van der Waals surface area contributed by atoms with Crippen LogP contribution in [0.5, 0.6) is 0 Å². The first-order chi connectivity index (χ1) is 4.76. The molecule has 0 saturated carbocycles. The Morgan fingerprint density at radius 1 is 1.00 bits per heavy atom. The van der Waals surface area contributed by atoms with Gasteiger partial charge in [-0.1, -0.05) is 33.3 Å². The molecule has 0 aromatic rings. The van der Waals surface area contributed by atoms with E-state index in [2.05, 4.69) is 69.2 Å². The van der Waals surface area contributed by atoms with Gasteiger partial charge in [0.25, 0.3) is 11.3 Å². The van der Waals surface area contributed by atoms with Crippen molar-refractivity contribution < 1.29 is 0 Å². The van der Waals surface area contributed by atoms with Gasteiger partial charge < -0.3 is 4.39 Å². The van der Waals surface area contributed by atoms with Crippen LogP contribution in [0.3, 0.4) is 0 Å². The van der Waals surface area contributed by atoms with Crippen LogP contribution in [0.1, 0.15) is 0 Å². The second kappa shape index (κ2) is 4.49. The van der Waals surface area contributed by atoms with E-state index in [0.29, 0.717) is 11.3 Å². The van der Waals surface area contributed by atoms with Crippen molar-refractivity contribution in [1.82, 2.24) is 4.39 Å². The molecule has 0 rings (SSSR count). The van der Waals surface area contributed by atoms with Crippen molar-refractivity contribution in [2.75, 3.05) is 0 Å². The molecular formula is C5H15B2Br2NSi. The maximum Gasteiger partial charge on any atom is 0.282 e. The lowest BCUT2D eigenvalue weighted by Crippen LogP contribution is -2.55. The van der Waals surface area contributed by atoms with Gasteiger partial charge in [-0.15, -0.1) is 31.5 Å². The number of hydrogen-bond acceptors (Lipinski definition) is 1. The van der Waals surface area contributed by atoms with Crippen molar-refractivity contribution in [1.29, 1.82) is 0 Å². The molecule has 0 amide bonds. The van der Waals surface area contributed by atoms with Crippen LogP contribution in [0.4, 0.5) is 0 Å². The Bertz CT molecular complexity index is 118. The zero-order valence-electron chi connectivity index (χ0n) is 7.86. The lowest BCUT2D eigenvalue weighted by atomic mass is 9.85. The molecule has 0 bridgehead atoms. The van der Waals surface area contributed by atoms with Gasteiger partial charge in [-0.2, -0.15) is 0 Å². The van der Waals surface area contributed by atoms with E-state index in [9.17, 15) is 0 Å². The maximum absolute atomic E-state index is 3.61. The highest BCUT2D eigenvalue weighted by Crippen LogP contribution is 2.19. The SMILES string of the molecule is CB(Br)N(B(C)Br)[Si](C)(C)C. The molecule has 0 radical (unpaired) electrons. The number of hydrogen-bond donors (Lipinski definition) is 0. The summed E-state index contributed by atoms with van der Waals surface area (Å²) < 4.78 is 2.49. The second-order valence-corrected chi connectivity index (χ2v) is 11.2. The topological polar surface area (TPSA) is 3.24 Å². The first-order valence-electron chi connectivity index (χ1n) is 3.83. The molecule has 64 valence electrons. The monoisotopic (exact) mass is 297 g/mol. The third kappa shape index (κ3) is 4.15. The van der Waals surface area contributed by atoms with Crippen molar-refractivity contribution in [2.45, 2.75) is 33.3 Å². The number of nitrogens with zero attached hydrogens (tertiary/aromatic N) is 1. The summed E-state index contributed by atoms with van der Waals surface area (Å²) in [4.78, 5) is 0. The van der Waals surface area contributed by atoms with Crippen LogP contribution >= 0.6 is 31.5 Å². The summed E-state index contributed by atoms with van der Waals surface area (Å²) in [6.07, 6.45) is 0. The van der Waals surface area contributed by atoms with E-state index in [4.69, 9.17) is 0 Å². The second-order valence-electron chi connectivity index (χ2n) is 3.73. The van der Waals surface area contributed by atoms with Crippen molar-refractivity contribution >= 4 is 51.1 Å². The van der Waals surface area contributed by atoms with Crippen LogP contribution in [-0.2, 0) is 0 Å². The standard InChI is InChI=1S/C5H15B2Br2NSi/c1-6(8)10(7(2)9)11(3,4)5/h1-5H3. The minimum Gasteiger partial charge on any atom is -0.388 e. The summed E-state index contributed by atoms with van der Waals surface area (Å²) in [6.45, 7) is 11.4. The van der Waals surface area contributed by atoms with Crippen molar-refractivity contribution in [3.63, 3.8) is 0 Å². The number of halogens is 2. The lowest BCUT2D eigenvalue weighted by Gasteiger charge is -2.37. The number of rotatable bonds is 3. The van der Waals surface area contributed by atoms with Crippen molar-refractivity contribution in [2.24, 2.45) is 0 Å². The van der Waals surface area contributed by atoms with E-state index < -0.39 is 8.24 Å². The largest absolute Gasteiger partial charge is 0.388 e. The summed E-state index contributed by atoms with van der Waals surface area (Å²) >= 11 is 7.22. The smallest absolute Gasteiger partial charge is 0.282 e. The van der Waals surface area contributed by atoms with Crippen LogP contribution in [-0.4, -0.2) is 24.0 Å². The van der Waals surface area contributed by atoms with Gasteiger partial charge in [-0.25, -0.2) is 0 Å². The van der Waals surface area contributed by atoms with E-state index in [1.807, 2.05) is 0 Å². The van der Waals surface area contributed by atoms with Gasteiger partial charge in [0.1, 0.15) is 0 Å². The first-order valence-corrected chi connectivity index (χ1v) is 9.11.